The first-order valence-electron chi connectivity index (χ1n) is 9.53. The van der Waals surface area contributed by atoms with Crippen LogP contribution in [-0.4, -0.2) is 55.1 Å². The summed E-state index contributed by atoms with van der Waals surface area (Å²) in [5.41, 5.74) is -0.0635. The summed E-state index contributed by atoms with van der Waals surface area (Å²) in [6.07, 6.45) is 4.96. The molecule has 1 saturated carbocycles. The zero-order valence-corrected chi connectivity index (χ0v) is 18.4. The van der Waals surface area contributed by atoms with Crippen molar-refractivity contribution in [2.75, 3.05) is 20.4 Å². The number of ether oxygens (including phenoxy) is 3. The second kappa shape index (κ2) is 9.54. The maximum atomic E-state index is 12.3. The van der Waals surface area contributed by atoms with Crippen molar-refractivity contribution in [3.8, 4) is 5.75 Å². The lowest BCUT2D eigenvalue weighted by atomic mass is 9.92. The predicted molar refractivity (Wildman–Crippen MR) is 110 cm³/mol. The van der Waals surface area contributed by atoms with Crippen molar-refractivity contribution in [1.82, 2.24) is 4.90 Å². The Kier molecular flexibility index (Phi) is 7.63. The summed E-state index contributed by atoms with van der Waals surface area (Å²) in [6.45, 7) is 5.60. The molecule has 0 aliphatic heterocycles. The molecule has 28 heavy (non-hydrogen) atoms. The van der Waals surface area contributed by atoms with Crippen LogP contribution in [0.25, 0.3) is 0 Å². The summed E-state index contributed by atoms with van der Waals surface area (Å²) in [7, 11) is 3.16. The van der Waals surface area contributed by atoms with Gasteiger partial charge in [-0.3, -0.25) is 0 Å². The van der Waals surface area contributed by atoms with Crippen molar-refractivity contribution in [3.05, 3.63) is 23.8 Å². The minimum Gasteiger partial charge on any atom is -0.489 e. The first kappa shape index (κ1) is 22.4. The number of hydrogen-bond acceptors (Lipinski definition) is 6. The minimum atomic E-state index is -0.502. The van der Waals surface area contributed by atoms with Crippen LogP contribution in [0.15, 0.2) is 23.1 Å². The number of nitrogens with zero attached hydrogens (tertiary/aromatic N) is 1. The molecule has 1 amide bonds. The molecule has 1 fully saturated rings. The first-order chi connectivity index (χ1) is 13.1. The summed E-state index contributed by atoms with van der Waals surface area (Å²) < 4.78 is 16.5. The molecule has 0 bridgehead atoms. The van der Waals surface area contributed by atoms with E-state index in [1.807, 2.05) is 39.2 Å². The standard InChI is InChI=1S/C21H31NO5S/c1-21(2,3)27-20(24)22(4)14-7-9-15(10-8-14)26-18-13-16(28-6)11-12-17(18)19(23)25-5/h11-15H,7-10H2,1-6H3. The zero-order chi connectivity index (χ0) is 20.9. The smallest absolute Gasteiger partial charge is 0.410 e. The van der Waals surface area contributed by atoms with E-state index in [2.05, 4.69) is 0 Å². The SMILES string of the molecule is COC(=O)c1ccc(SC)cc1OC1CCC(N(C)C(=O)OC(C)(C)C)CC1. The monoisotopic (exact) mass is 409 g/mol. The van der Waals surface area contributed by atoms with Crippen molar-refractivity contribution in [2.24, 2.45) is 0 Å². The Bertz CT molecular complexity index is 693. The highest BCUT2D eigenvalue weighted by molar-refractivity contribution is 7.98. The second-order valence-corrected chi connectivity index (χ2v) is 8.87. The van der Waals surface area contributed by atoms with Crippen LogP contribution in [0.5, 0.6) is 5.75 Å². The number of thioether (sulfide) groups is 1. The molecular weight excluding hydrogens is 378 g/mol. The fourth-order valence-corrected chi connectivity index (χ4v) is 3.65. The van der Waals surface area contributed by atoms with Crippen LogP contribution in [0, 0.1) is 0 Å². The van der Waals surface area contributed by atoms with E-state index in [4.69, 9.17) is 14.2 Å². The Morgan fingerprint density at radius 3 is 2.32 bits per heavy atom. The molecule has 156 valence electrons. The Hall–Kier alpha value is -1.89. The second-order valence-electron chi connectivity index (χ2n) is 7.99. The molecule has 0 spiro atoms. The number of carbonyl (C=O) groups is 2. The molecule has 1 aromatic rings. The summed E-state index contributed by atoms with van der Waals surface area (Å²) in [5.74, 6) is 0.156. The van der Waals surface area contributed by atoms with Gasteiger partial charge in [-0.2, -0.15) is 0 Å². The average Bonchev–Trinajstić information content (AvgIpc) is 2.66. The van der Waals surface area contributed by atoms with Gasteiger partial charge in [0.2, 0.25) is 0 Å². The van der Waals surface area contributed by atoms with Gasteiger partial charge in [0, 0.05) is 18.0 Å². The Morgan fingerprint density at radius 1 is 1.14 bits per heavy atom. The fourth-order valence-electron chi connectivity index (χ4n) is 3.22. The van der Waals surface area contributed by atoms with E-state index >= 15 is 0 Å². The topological polar surface area (TPSA) is 65.1 Å². The van der Waals surface area contributed by atoms with Gasteiger partial charge >= 0.3 is 12.1 Å². The normalized spacial score (nSPS) is 19.6. The highest BCUT2D eigenvalue weighted by atomic mass is 32.2. The Morgan fingerprint density at radius 2 is 1.79 bits per heavy atom. The predicted octanol–water partition coefficient (Wildman–Crippen LogP) is 4.75. The van der Waals surface area contributed by atoms with Gasteiger partial charge < -0.3 is 19.1 Å². The van der Waals surface area contributed by atoms with Crippen LogP contribution < -0.4 is 4.74 Å². The molecule has 0 heterocycles. The van der Waals surface area contributed by atoms with Crippen LogP contribution in [0.1, 0.15) is 56.8 Å². The molecule has 7 heteroatoms. The van der Waals surface area contributed by atoms with Gasteiger partial charge in [-0.25, -0.2) is 9.59 Å². The van der Waals surface area contributed by atoms with E-state index in [1.54, 1.807) is 29.8 Å². The number of esters is 1. The molecule has 1 aliphatic carbocycles. The highest BCUT2D eigenvalue weighted by Gasteiger charge is 2.30. The summed E-state index contributed by atoms with van der Waals surface area (Å²) >= 11 is 1.59. The molecule has 0 aromatic heterocycles. The highest BCUT2D eigenvalue weighted by Crippen LogP contribution is 2.31. The molecule has 0 N–H and O–H groups in total. The number of amides is 1. The largest absolute Gasteiger partial charge is 0.489 e. The molecular formula is C21H31NO5S. The van der Waals surface area contributed by atoms with Gasteiger partial charge in [0.25, 0.3) is 0 Å². The van der Waals surface area contributed by atoms with E-state index in [9.17, 15) is 9.59 Å². The van der Waals surface area contributed by atoms with Gasteiger partial charge in [-0.05, 0) is 70.9 Å². The Balaban J connectivity index is 1.99. The third-order valence-corrected chi connectivity index (χ3v) is 5.49. The van der Waals surface area contributed by atoms with E-state index in [1.165, 1.54) is 7.11 Å². The first-order valence-corrected chi connectivity index (χ1v) is 10.8. The Labute approximate surface area is 171 Å². The fraction of sp³-hybridized carbons (Fsp3) is 0.619. The van der Waals surface area contributed by atoms with Crippen LogP contribution in [-0.2, 0) is 9.47 Å². The number of methoxy groups -OCH3 is 1. The van der Waals surface area contributed by atoms with Crippen LogP contribution in [0.4, 0.5) is 4.79 Å². The summed E-state index contributed by atoms with van der Waals surface area (Å²) in [4.78, 5) is 27.0. The van der Waals surface area contributed by atoms with Crippen LogP contribution in [0.3, 0.4) is 0 Å². The van der Waals surface area contributed by atoms with E-state index in [0.29, 0.717) is 11.3 Å². The van der Waals surface area contributed by atoms with Gasteiger partial charge in [-0.15, -0.1) is 11.8 Å². The van der Waals surface area contributed by atoms with Crippen LogP contribution in [0.2, 0.25) is 0 Å². The van der Waals surface area contributed by atoms with Crippen LogP contribution >= 0.6 is 11.8 Å². The van der Waals surface area contributed by atoms with Gasteiger partial charge in [0.15, 0.2) is 0 Å². The van der Waals surface area contributed by atoms with Gasteiger partial charge in [-0.1, -0.05) is 0 Å². The molecule has 1 aliphatic rings. The van der Waals surface area contributed by atoms with Crippen molar-refractivity contribution < 1.29 is 23.8 Å². The molecule has 0 radical (unpaired) electrons. The molecule has 0 unspecified atom stereocenters. The molecule has 0 atom stereocenters. The van der Waals surface area contributed by atoms with E-state index in [0.717, 1.165) is 30.6 Å². The zero-order valence-electron chi connectivity index (χ0n) is 17.6. The molecule has 2 rings (SSSR count). The number of hydrogen-bond donors (Lipinski definition) is 0. The lowest BCUT2D eigenvalue weighted by Crippen LogP contribution is -2.43. The maximum Gasteiger partial charge on any atom is 0.410 e. The number of carbonyl (C=O) groups excluding carboxylic acids is 2. The lowest BCUT2D eigenvalue weighted by molar-refractivity contribution is 0.0137. The molecule has 0 saturated heterocycles. The lowest BCUT2D eigenvalue weighted by Gasteiger charge is -2.35. The average molecular weight is 410 g/mol. The summed E-state index contributed by atoms with van der Waals surface area (Å²) in [5, 5.41) is 0. The van der Waals surface area contributed by atoms with Crippen molar-refractivity contribution in [3.63, 3.8) is 0 Å². The van der Waals surface area contributed by atoms with Gasteiger partial charge in [0.1, 0.15) is 16.9 Å². The third-order valence-electron chi connectivity index (χ3n) is 4.76. The van der Waals surface area contributed by atoms with Crippen molar-refractivity contribution >= 4 is 23.8 Å². The molecule has 1 aromatic carbocycles. The maximum absolute atomic E-state index is 12.3. The minimum absolute atomic E-state index is 0.00352. The third kappa shape index (κ3) is 6.06. The van der Waals surface area contributed by atoms with Crippen molar-refractivity contribution in [1.29, 1.82) is 0 Å². The number of rotatable bonds is 5. The van der Waals surface area contributed by atoms with E-state index < -0.39 is 11.6 Å². The molecule has 6 nitrogen and oxygen atoms in total. The van der Waals surface area contributed by atoms with E-state index in [-0.39, 0.29) is 18.2 Å². The number of benzene rings is 1. The van der Waals surface area contributed by atoms with Crippen molar-refractivity contribution in [2.45, 2.75) is 69.1 Å². The summed E-state index contributed by atoms with van der Waals surface area (Å²) in [6, 6.07) is 5.65. The van der Waals surface area contributed by atoms with Gasteiger partial charge in [0.05, 0.1) is 13.2 Å². The quantitative estimate of drug-likeness (QED) is 0.516.